The summed E-state index contributed by atoms with van der Waals surface area (Å²) >= 11 is 5.97. The fourth-order valence-corrected chi connectivity index (χ4v) is 6.08. The van der Waals surface area contributed by atoms with Gasteiger partial charge in [-0.1, -0.05) is 17.7 Å². The highest BCUT2D eigenvalue weighted by Crippen LogP contribution is 2.36. The van der Waals surface area contributed by atoms with Gasteiger partial charge in [0.25, 0.3) is 0 Å². The van der Waals surface area contributed by atoms with Crippen LogP contribution in [-0.2, 0) is 14.3 Å². The van der Waals surface area contributed by atoms with E-state index in [1.807, 2.05) is 19.9 Å². The fourth-order valence-electron chi connectivity index (χ4n) is 5.90. The van der Waals surface area contributed by atoms with Gasteiger partial charge < -0.3 is 20.1 Å². The molecular formula is C33H38ClFN6O4. The average Bonchev–Trinajstić information content (AvgIpc) is 3.82. The Labute approximate surface area is 266 Å². The van der Waals surface area contributed by atoms with Gasteiger partial charge in [0, 0.05) is 42.3 Å². The highest BCUT2D eigenvalue weighted by atomic mass is 35.5. The Morgan fingerprint density at radius 3 is 2.71 bits per heavy atom. The molecule has 2 N–H and O–H groups in total. The molecule has 45 heavy (non-hydrogen) atoms. The van der Waals surface area contributed by atoms with Crippen LogP contribution in [0.4, 0.5) is 21.6 Å². The number of hydrogen-bond acceptors (Lipinski definition) is 9. The smallest absolute Gasteiger partial charge is 0.320 e. The van der Waals surface area contributed by atoms with Crippen LogP contribution in [0.25, 0.3) is 10.9 Å². The van der Waals surface area contributed by atoms with Crippen LogP contribution in [0.5, 0.6) is 5.75 Å². The molecule has 3 fully saturated rings. The van der Waals surface area contributed by atoms with Crippen molar-refractivity contribution in [2.45, 2.75) is 51.2 Å². The Bertz CT molecular complexity index is 1610. The summed E-state index contributed by atoms with van der Waals surface area (Å²) in [5, 5.41) is 6.81. The van der Waals surface area contributed by atoms with Crippen LogP contribution < -0.4 is 15.4 Å². The first-order valence-corrected chi connectivity index (χ1v) is 15.8. The fraction of sp³-hybridized carbons (Fsp3) is 0.455. The minimum atomic E-state index is -0.510. The molecule has 1 amide bonds. The van der Waals surface area contributed by atoms with Crippen LogP contribution in [0, 0.1) is 11.7 Å². The second kappa shape index (κ2) is 13.3. The van der Waals surface area contributed by atoms with E-state index in [1.165, 1.54) is 18.5 Å². The Hall–Kier alpha value is -3.80. The Kier molecular flexibility index (Phi) is 9.21. The van der Waals surface area contributed by atoms with E-state index in [1.54, 1.807) is 24.3 Å². The molecule has 238 valence electrons. The standard InChI is InChI=1S/C33H38ClFN6O4/c1-33(2)19-41(17-31(43)45-33)23-9-12-40(13-10-23)11-3-4-30(42)39-28-15-24-27(16-29(28)44-18-21-5-6-21)36-20-37-32(24)38-22-7-8-26(35)25(34)14-22/h3-4,7-8,14-16,20-21,23H,5-6,9-13,17-19H2,1-2H3,(H,39,42)(H,36,37,38)/b4-3+. The molecule has 3 heterocycles. The number of benzene rings is 2. The summed E-state index contributed by atoms with van der Waals surface area (Å²) in [5.41, 5.74) is 1.25. The van der Waals surface area contributed by atoms with Gasteiger partial charge in [-0.2, -0.15) is 0 Å². The molecule has 0 atom stereocenters. The SMILES string of the molecule is CC1(C)CN(C2CCN(C/C=C/C(=O)Nc3cc4c(Nc5ccc(F)c(Cl)c5)ncnc4cc3OCC3CC3)CC2)CC(=O)O1. The van der Waals surface area contributed by atoms with Crippen molar-refractivity contribution in [2.24, 2.45) is 5.92 Å². The first-order chi connectivity index (χ1) is 21.6. The zero-order chi connectivity index (χ0) is 31.6. The van der Waals surface area contributed by atoms with Gasteiger partial charge in [-0.3, -0.25) is 19.4 Å². The number of ether oxygens (including phenoxy) is 2. The normalized spacial score (nSPS) is 19.5. The van der Waals surface area contributed by atoms with Crippen molar-refractivity contribution >= 4 is 51.6 Å². The number of carbonyl (C=O) groups excluding carboxylic acids is 2. The van der Waals surface area contributed by atoms with Crippen molar-refractivity contribution in [3.05, 3.63) is 59.7 Å². The van der Waals surface area contributed by atoms with Crippen LogP contribution in [0.1, 0.15) is 39.5 Å². The minimum Gasteiger partial charge on any atom is -0.491 e. The molecule has 1 aliphatic carbocycles. The molecule has 3 aliphatic rings. The van der Waals surface area contributed by atoms with Crippen molar-refractivity contribution in [1.29, 1.82) is 0 Å². The molecule has 0 radical (unpaired) electrons. The highest BCUT2D eigenvalue weighted by molar-refractivity contribution is 6.31. The Balaban J connectivity index is 1.10. The minimum absolute atomic E-state index is 0.00383. The number of amides is 1. The van der Waals surface area contributed by atoms with Crippen LogP contribution in [0.2, 0.25) is 5.02 Å². The van der Waals surface area contributed by atoms with E-state index in [0.29, 0.717) is 65.5 Å². The lowest BCUT2D eigenvalue weighted by molar-refractivity contribution is -0.172. The predicted molar refractivity (Wildman–Crippen MR) is 171 cm³/mol. The second-order valence-corrected chi connectivity index (χ2v) is 13.1. The van der Waals surface area contributed by atoms with Gasteiger partial charge in [0.2, 0.25) is 5.91 Å². The number of nitrogens with zero attached hydrogens (tertiary/aromatic N) is 4. The number of nitrogens with one attached hydrogen (secondary N) is 2. The van der Waals surface area contributed by atoms with Crippen LogP contribution >= 0.6 is 11.6 Å². The maximum absolute atomic E-state index is 13.7. The number of piperidine rings is 1. The van der Waals surface area contributed by atoms with E-state index in [-0.39, 0.29) is 16.9 Å². The number of likely N-dealkylation sites (tertiary alicyclic amines) is 1. The highest BCUT2D eigenvalue weighted by Gasteiger charge is 2.37. The quantitative estimate of drug-likeness (QED) is 0.219. The van der Waals surface area contributed by atoms with Crippen molar-refractivity contribution in [2.75, 3.05) is 50.0 Å². The molecule has 3 aromatic rings. The molecule has 0 unspecified atom stereocenters. The summed E-state index contributed by atoms with van der Waals surface area (Å²) < 4.78 is 25.3. The number of cyclic esters (lactones) is 1. The van der Waals surface area contributed by atoms with E-state index in [9.17, 15) is 14.0 Å². The molecule has 10 nitrogen and oxygen atoms in total. The third-order valence-corrected chi connectivity index (χ3v) is 8.65. The van der Waals surface area contributed by atoms with Gasteiger partial charge in [-0.15, -0.1) is 0 Å². The van der Waals surface area contributed by atoms with Gasteiger partial charge in [-0.05, 0) is 82.8 Å². The number of morpholine rings is 1. The molecule has 2 aliphatic heterocycles. The van der Waals surface area contributed by atoms with E-state index in [0.717, 1.165) is 45.3 Å². The second-order valence-electron chi connectivity index (χ2n) is 12.7. The lowest BCUT2D eigenvalue weighted by atomic mass is 9.99. The van der Waals surface area contributed by atoms with Gasteiger partial charge in [0.05, 0.1) is 29.4 Å². The molecule has 2 saturated heterocycles. The number of esters is 1. The predicted octanol–water partition coefficient (Wildman–Crippen LogP) is 5.55. The Morgan fingerprint density at radius 1 is 1.18 bits per heavy atom. The summed E-state index contributed by atoms with van der Waals surface area (Å²) in [6.45, 7) is 8.00. The number of halogens is 2. The summed E-state index contributed by atoms with van der Waals surface area (Å²) in [4.78, 5) is 38.5. The van der Waals surface area contributed by atoms with Gasteiger partial charge in [0.15, 0.2) is 0 Å². The number of fused-ring (bicyclic) bond motifs is 1. The van der Waals surface area contributed by atoms with Gasteiger partial charge in [0.1, 0.15) is 29.3 Å². The number of carbonyl (C=O) groups is 2. The van der Waals surface area contributed by atoms with E-state index in [4.69, 9.17) is 21.1 Å². The number of aromatic nitrogens is 2. The third-order valence-electron chi connectivity index (χ3n) is 8.36. The van der Waals surface area contributed by atoms with Crippen molar-refractivity contribution in [3.63, 3.8) is 0 Å². The first kappa shape index (κ1) is 31.2. The largest absolute Gasteiger partial charge is 0.491 e. The first-order valence-electron chi connectivity index (χ1n) is 15.4. The lowest BCUT2D eigenvalue weighted by Crippen LogP contribution is -2.56. The van der Waals surface area contributed by atoms with E-state index >= 15 is 0 Å². The third kappa shape index (κ3) is 8.08. The number of rotatable bonds is 10. The number of anilines is 3. The maximum atomic E-state index is 13.7. The molecule has 6 rings (SSSR count). The molecule has 0 spiro atoms. The summed E-state index contributed by atoms with van der Waals surface area (Å²) in [5.74, 6) is 0.603. The van der Waals surface area contributed by atoms with Crippen LogP contribution in [-0.4, -0.2) is 82.6 Å². The lowest BCUT2D eigenvalue weighted by Gasteiger charge is -2.44. The van der Waals surface area contributed by atoms with E-state index in [2.05, 4.69) is 30.4 Å². The Morgan fingerprint density at radius 2 is 1.98 bits per heavy atom. The van der Waals surface area contributed by atoms with Gasteiger partial charge >= 0.3 is 5.97 Å². The molecule has 12 heteroatoms. The molecule has 0 bridgehead atoms. The maximum Gasteiger partial charge on any atom is 0.320 e. The summed E-state index contributed by atoms with van der Waals surface area (Å²) in [7, 11) is 0. The zero-order valence-electron chi connectivity index (χ0n) is 25.5. The average molecular weight is 637 g/mol. The topological polar surface area (TPSA) is 109 Å². The summed E-state index contributed by atoms with van der Waals surface area (Å²) in [6.07, 6.45) is 9.05. The van der Waals surface area contributed by atoms with E-state index < -0.39 is 11.4 Å². The molecule has 1 aromatic heterocycles. The molecule has 1 saturated carbocycles. The van der Waals surface area contributed by atoms with Gasteiger partial charge in [-0.25, -0.2) is 14.4 Å². The molecule has 2 aromatic carbocycles. The van der Waals surface area contributed by atoms with Crippen molar-refractivity contribution in [1.82, 2.24) is 19.8 Å². The number of hydrogen-bond donors (Lipinski definition) is 2. The van der Waals surface area contributed by atoms with Crippen LogP contribution in [0.3, 0.4) is 0 Å². The van der Waals surface area contributed by atoms with Crippen molar-refractivity contribution < 1.29 is 23.5 Å². The monoisotopic (exact) mass is 636 g/mol. The van der Waals surface area contributed by atoms with Crippen LogP contribution in [0.15, 0.2) is 48.8 Å². The van der Waals surface area contributed by atoms with Crippen molar-refractivity contribution in [3.8, 4) is 5.75 Å². The molecular weight excluding hydrogens is 599 g/mol. The summed E-state index contributed by atoms with van der Waals surface area (Å²) in [6, 6.07) is 8.28. The zero-order valence-corrected chi connectivity index (χ0v) is 26.3.